The van der Waals surface area contributed by atoms with Crippen molar-refractivity contribution in [3.63, 3.8) is 0 Å². The van der Waals surface area contributed by atoms with Crippen molar-refractivity contribution in [1.82, 2.24) is 5.32 Å². The van der Waals surface area contributed by atoms with Crippen LogP contribution in [0.25, 0.3) is 0 Å². The highest BCUT2D eigenvalue weighted by Gasteiger charge is 2.29. The quantitative estimate of drug-likeness (QED) is 0.461. The molecule has 0 atom stereocenters. The van der Waals surface area contributed by atoms with Crippen LogP contribution < -0.4 is 19.3 Å². The molecule has 0 aliphatic carbocycles. The van der Waals surface area contributed by atoms with Gasteiger partial charge >= 0.3 is 0 Å². The van der Waals surface area contributed by atoms with Crippen molar-refractivity contribution < 1.29 is 17.9 Å². The van der Waals surface area contributed by atoms with E-state index in [-0.39, 0.29) is 11.4 Å². The van der Waals surface area contributed by atoms with Crippen LogP contribution in [0.3, 0.4) is 0 Å². The fourth-order valence-electron chi connectivity index (χ4n) is 4.38. The van der Waals surface area contributed by atoms with E-state index in [4.69, 9.17) is 4.74 Å². The van der Waals surface area contributed by atoms with E-state index in [2.05, 4.69) is 22.3 Å². The fourth-order valence-corrected chi connectivity index (χ4v) is 5.82. The Bertz CT molecular complexity index is 1270. The zero-order chi connectivity index (χ0) is 25.5. The molecule has 0 unspecified atom stereocenters. The monoisotopic (exact) mass is 507 g/mol. The van der Waals surface area contributed by atoms with Crippen molar-refractivity contribution >= 4 is 27.3 Å². The van der Waals surface area contributed by atoms with Gasteiger partial charge in [-0.05, 0) is 73.7 Å². The molecule has 1 saturated heterocycles. The lowest BCUT2D eigenvalue weighted by Gasteiger charge is -2.29. The van der Waals surface area contributed by atoms with Crippen molar-refractivity contribution in [3.8, 4) is 5.75 Å². The molecule has 36 heavy (non-hydrogen) atoms. The van der Waals surface area contributed by atoms with E-state index in [0.29, 0.717) is 18.0 Å². The second kappa shape index (κ2) is 11.5. The van der Waals surface area contributed by atoms with Crippen LogP contribution in [-0.2, 0) is 21.4 Å². The zero-order valence-corrected chi connectivity index (χ0v) is 21.6. The summed E-state index contributed by atoms with van der Waals surface area (Å²) in [5.74, 6) is -0.0284. The number of piperidine rings is 1. The minimum absolute atomic E-state index is 0.106. The number of rotatable bonds is 9. The summed E-state index contributed by atoms with van der Waals surface area (Å²) in [7, 11) is -2.53. The summed E-state index contributed by atoms with van der Waals surface area (Å²) in [6.07, 6.45) is 3.71. The molecule has 1 aliphatic rings. The fraction of sp³-hybridized carbons (Fsp3) is 0.321. The number of hydrogen-bond acceptors (Lipinski definition) is 5. The van der Waals surface area contributed by atoms with E-state index in [0.717, 1.165) is 28.5 Å². The highest BCUT2D eigenvalue weighted by Crippen LogP contribution is 2.33. The molecule has 1 fully saturated rings. The van der Waals surface area contributed by atoms with Gasteiger partial charge < -0.3 is 15.0 Å². The average molecular weight is 508 g/mol. The highest BCUT2D eigenvalue weighted by atomic mass is 32.2. The second-order valence-electron chi connectivity index (χ2n) is 8.99. The molecule has 1 aliphatic heterocycles. The third-order valence-corrected chi connectivity index (χ3v) is 8.14. The van der Waals surface area contributed by atoms with E-state index < -0.39 is 15.9 Å². The second-order valence-corrected chi connectivity index (χ2v) is 10.9. The summed E-state index contributed by atoms with van der Waals surface area (Å²) in [6.45, 7) is 3.95. The minimum atomic E-state index is -4.01. The maximum atomic E-state index is 13.6. The van der Waals surface area contributed by atoms with Crippen molar-refractivity contribution in [2.45, 2.75) is 37.6 Å². The molecule has 0 spiro atoms. The summed E-state index contributed by atoms with van der Waals surface area (Å²) in [4.78, 5) is 15.5. The molecule has 0 radical (unpaired) electrons. The summed E-state index contributed by atoms with van der Waals surface area (Å²) in [6, 6.07) is 21.5. The van der Waals surface area contributed by atoms with Crippen LogP contribution >= 0.6 is 0 Å². The number of nitrogens with one attached hydrogen (secondary N) is 1. The largest absolute Gasteiger partial charge is 0.495 e. The summed E-state index contributed by atoms with van der Waals surface area (Å²) < 4.78 is 33.7. The molecule has 7 nitrogen and oxygen atoms in total. The number of ether oxygens (including phenoxy) is 1. The number of nitrogens with zero attached hydrogens (tertiary/aromatic N) is 2. The highest BCUT2D eigenvalue weighted by molar-refractivity contribution is 7.92. The van der Waals surface area contributed by atoms with Gasteiger partial charge in [0, 0.05) is 25.3 Å². The predicted molar refractivity (Wildman–Crippen MR) is 143 cm³/mol. The van der Waals surface area contributed by atoms with Crippen LogP contribution in [0.5, 0.6) is 5.75 Å². The first-order valence-electron chi connectivity index (χ1n) is 12.2. The van der Waals surface area contributed by atoms with E-state index in [1.54, 1.807) is 30.3 Å². The Kier molecular flexibility index (Phi) is 8.15. The Morgan fingerprint density at radius 2 is 1.67 bits per heavy atom. The van der Waals surface area contributed by atoms with Crippen molar-refractivity contribution in [1.29, 1.82) is 0 Å². The molecule has 0 aromatic heterocycles. The topological polar surface area (TPSA) is 79.0 Å². The van der Waals surface area contributed by atoms with Crippen LogP contribution in [0.4, 0.5) is 11.4 Å². The van der Waals surface area contributed by atoms with Crippen LogP contribution in [0, 0.1) is 6.92 Å². The Hall–Kier alpha value is -3.52. The predicted octanol–water partition coefficient (Wildman–Crippen LogP) is 4.51. The first-order chi connectivity index (χ1) is 17.4. The SMILES string of the molecule is COc1ccc(C)cc1N(CC(=O)NCc1ccc(N2CCCCC2)cc1)S(=O)(=O)c1ccccc1. The zero-order valence-electron chi connectivity index (χ0n) is 20.8. The molecule has 1 amide bonds. The Labute approximate surface area is 213 Å². The van der Waals surface area contributed by atoms with Crippen LogP contribution in [0.2, 0.25) is 0 Å². The van der Waals surface area contributed by atoms with E-state index in [9.17, 15) is 13.2 Å². The number of anilines is 2. The van der Waals surface area contributed by atoms with Crippen LogP contribution in [0.1, 0.15) is 30.4 Å². The molecular weight excluding hydrogens is 474 g/mol. The number of amides is 1. The molecule has 1 heterocycles. The molecule has 8 heteroatoms. The molecule has 4 rings (SSSR count). The van der Waals surface area contributed by atoms with Gasteiger partial charge in [0.05, 0.1) is 17.7 Å². The van der Waals surface area contributed by atoms with Gasteiger partial charge in [0.2, 0.25) is 5.91 Å². The Morgan fingerprint density at radius 3 is 2.33 bits per heavy atom. The van der Waals surface area contributed by atoms with Gasteiger partial charge in [0.1, 0.15) is 12.3 Å². The van der Waals surface area contributed by atoms with Crippen molar-refractivity contribution in [3.05, 3.63) is 83.9 Å². The number of sulfonamides is 1. The number of benzene rings is 3. The Balaban J connectivity index is 1.51. The molecular formula is C28H33N3O4S. The van der Waals surface area contributed by atoms with Gasteiger partial charge in [-0.25, -0.2) is 8.42 Å². The van der Waals surface area contributed by atoms with E-state index >= 15 is 0 Å². The van der Waals surface area contributed by atoms with Gasteiger partial charge in [-0.1, -0.05) is 36.4 Å². The lowest BCUT2D eigenvalue weighted by molar-refractivity contribution is -0.119. The number of methoxy groups -OCH3 is 1. The first kappa shape index (κ1) is 25.6. The van der Waals surface area contributed by atoms with Crippen molar-refractivity contribution in [2.24, 2.45) is 0 Å². The number of carbonyl (C=O) groups excluding carboxylic acids is 1. The maximum absolute atomic E-state index is 13.6. The molecule has 3 aromatic carbocycles. The molecule has 3 aromatic rings. The molecule has 0 bridgehead atoms. The summed E-state index contributed by atoms with van der Waals surface area (Å²) >= 11 is 0. The lowest BCUT2D eigenvalue weighted by Crippen LogP contribution is -2.41. The summed E-state index contributed by atoms with van der Waals surface area (Å²) in [5, 5.41) is 2.87. The van der Waals surface area contributed by atoms with E-state index in [1.165, 1.54) is 44.2 Å². The molecule has 0 saturated carbocycles. The smallest absolute Gasteiger partial charge is 0.264 e. The average Bonchev–Trinajstić information content (AvgIpc) is 2.91. The molecule has 190 valence electrons. The van der Waals surface area contributed by atoms with E-state index in [1.807, 2.05) is 25.1 Å². The number of aryl methyl sites for hydroxylation is 1. The molecule has 1 N–H and O–H groups in total. The lowest BCUT2D eigenvalue weighted by atomic mass is 10.1. The third kappa shape index (κ3) is 5.99. The summed E-state index contributed by atoms with van der Waals surface area (Å²) in [5.41, 5.74) is 3.32. The van der Waals surface area contributed by atoms with Gasteiger partial charge in [-0.2, -0.15) is 0 Å². The number of hydrogen-bond donors (Lipinski definition) is 1. The Morgan fingerprint density at radius 1 is 0.972 bits per heavy atom. The minimum Gasteiger partial charge on any atom is -0.495 e. The maximum Gasteiger partial charge on any atom is 0.264 e. The van der Waals surface area contributed by atoms with Gasteiger partial charge in [0.25, 0.3) is 10.0 Å². The van der Waals surface area contributed by atoms with Gasteiger partial charge in [-0.15, -0.1) is 0 Å². The van der Waals surface area contributed by atoms with Crippen LogP contribution in [0.15, 0.2) is 77.7 Å². The van der Waals surface area contributed by atoms with Crippen molar-refractivity contribution in [2.75, 3.05) is 35.9 Å². The van der Waals surface area contributed by atoms with Crippen LogP contribution in [-0.4, -0.2) is 41.1 Å². The first-order valence-corrected chi connectivity index (χ1v) is 13.7. The third-order valence-electron chi connectivity index (χ3n) is 6.37. The number of carbonyl (C=O) groups is 1. The standard InChI is InChI=1S/C28H33N3O4S/c1-22-11-16-27(35-2)26(19-22)31(36(33,34)25-9-5-3-6-10-25)21-28(32)29-20-23-12-14-24(15-13-23)30-17-7-4-8-18-30/h3,5-6,9-16,19H,4,7-8,17-18,20-21H2,1-2H3,(H,29,32). The van der Waals surface area contributed by atoms with Gasteiger partial charge in [0.15, 0.2) is 0 Å². The van der Waals surface area contributed by atoms with Gasteiger partial charge in [-0.3, -0.25) is 9.10 Å². The normalized spacial score (nSPS) is 13.8.